The SMILES string of the molecule is ClC1CCCCC1Cc1csc2ccccc12. The fraction of sp³-hybridized carbons (Fsp3) is 0.467. The molecule has 2 aromatic rings. The van der Waals surface area contributed by atoms with Gasteiger partial charge in [-0.3, -0.25) is 0 Å². The minimum Gasteiger partial charge on any atom is -0.144 e. The van der Waals surface area contributed by atoms with Crippen LogP contribution in [0.15, 0.2) is 29.6 Å². The van der Waals surface area contributed by atoms with Crippen LogP contribution < -0.4 is 0 Å². The molecule has 1 aromatic carbocycles. The van der Waals surface area contributed by atoms with Crippen LogP contribution in [0, 0.1) is 5.92 Å². The normalized spacial score (nSPS) is 25.2. The molecule has 1 heterocycles. The van der Waals surface area contributed by atoms with Gasteiger partial charge in [0.2, 0.25) is 0 Å². The molecule has 2 atom stereocenters. The Labute approximate surface area is 112 Å². The largest absolute Gasteiger partial charge is 0.144 e. The Morgan fingerprint density at radius 2 is 2.00 bits per heavy atom. The van der Waals surface area contributed by atoms with Crippen LogP contribution in [0.5, 0.6) is 0 Å². The molecule has 2 unspecified atom stereocenters. The molecule has 1 saturated carbocycles. The van der Waals surface area contributed by atoms with Crippen molar-refractivity contribution in [1.82, 2.24) is 0 Å². The number of rotatable bonds is 2. The van der Waals surface area contributed by atoms with E-state index in [1.54, 1.807) is 0 Å². The highest BCUT2D eigenvalue weighted by Gasteiger charge is 2.24. The van der Waals surface area contributed by atoms with Gasteiger partial charge in [-0.05, 0) is 47.6 Å². The smallest absolute Gasteiger partial charge is 0.0367 e. The van der Waals surface area contributed by atoms with Gasteiger partial charge < -0.3 is 0 Å². The molecule has 90 valence electrons. The van der Waals surface area contributed by atoms with Crippen LogP contribution in [0.4, 0.5) is 0 Å². The maximum atomic E-state index is 6.45. The summed E-state index contributed by atoms with van der Waals surface area (Å²) < 4.78 is 1.41. The minimum absolute atomic E-state index is 0.391. The average molecular weight is 265 g/mol. The second kappa shape index (κ2) is 4.99. The molecule has 0 bridgehead atoms. The highest BCUT2D eigenvalue weighted by molar-refractivity contribution is 7.17. The van der Waals surface area contributed by atoms with Gasteiger partial charge in [0.15, 0.2) is 0 Å². The van der Waals surface area contributed by atoms with Crippen molar-refractivity contribution >= 4 is 33.0 Å². The van der Waals surface area contributed by atoms with E-state index in [-0.39, 0.29) is 0 Å². The highest BCUT2D eigenvalue weighted by Crippen LogP contribution is 2.34. The van der Waals surface area contributed by atoms with Crippen LogP contribution in [-0.4, -0.2) is 5.38 Å². The van der Waals surface area contributed by atoms with Gasteiger partial charge >= 0.3 is 0 Å². The van der Waals surface area contributed by atoms with Crippen molar-refractivity contribution in [2.75, 3.05) is 0 Å². The average Bonchev–Trinajstić information content (AvgIpc) is 2.76. The van der Waals surface area contributed by atoms with Gasteiger partial charge in [0, 0.05) is 10.1 Å². The van der Waals surface area contributed by atoms with E-state index in [4.69, 9.17) is 11.6 Å². The number of benzene rings is 1. The Balaban J connectivity index is 1.84. The molecule has 0 radical (unpaired) electrons. The third-order valence-electron chi connectivity index (χ3n) is 3.86. The molecular weight excluding hydrogens is 248 g/mol. The molecule has 1 aliphatic carbocycles. The van der Waals surface area contributed by atoms with Gasteiger partial charge in [-0.1, -0.05) is 31.0 Å². The highest BCUT2D eigenvalue weighted by atomic mass is 35.5. The lowest BCUT2D eigenvalue weighted by atomic mass is 9.84. The van der Waals surface area contributed by atoms with E-state index in [1.807, 2.05) is 11.3 Å². The zero-order valence-electron chi connectivity index (χ0n) is 9.86. The van der Waals surface area contributed by atoms with E-state index in [0.717, 1.165) is 6.42 Å². The quantitative estimate of drug-likeness (QED) is 0.651. The zero-order chi connectivity index (χ0) is 11.7. The summed E-state index contributed by atoms with van der Waals surface area (Å²) in [6.45, 7) is 0. The summed E-state index contributed by atoms with van der Waals surface area (Å²) in [6, 6.07) is 8.71. The van der Waals surface area contributed by atoms with Crippen LogP contribution in [0.2, 0.25) is 0 Å². The van der Waals surface area contributed by atoms with Crippen molar-refractivity contribution in [3.8, 4) is 0 Å². The van der Waals surface area contributed by atoms with Crippen LogP contribution in [0.1, 0.15) is 31.2 Å². The third-order valence-corrected chi connectivity index (χ3v) is 5.45. The maximum absolute atomic E-state index is 6.45. The van der Waals surface area contributed by atoms with Crippen molar-refractivity contribution in [2.45, 2.75) is 37.5 Å². The first-order chi connectivity index (χ1) is 8.34. The van der Waals surface area contributed by atoms with Gasteiger partial charge in [0.05, 0.1) is 0 Å². The van der Waals surface area contributed by atoms with Crippen LogP contribution in [-0.2, 0) is 6.42 Å². The Morgan fingerprint density at radius 3 is 2.88 bits per heavy atom. The van der Waals surface area contributed by atoms with Crippen molar-refractivity contribution in [1.29, 1.82) is 0 Å². The Morgan fingerprint density at radius 1 is 1.18 bits per heavy atom. The Hall–Kier alpha value is -0.530. The van der Waals surface area contributed by atoms with E-state index in [0.29, 0.717) is 11.3 Å². The summed E-state index contributed by atoms with van der Waals surface area (Å²) >= 11 is 8.31. The predicted octanol–water partition coefficient (Wildman–Crippen LogP) is 5.24. The first-order valence-corrected chi connectivity index (χ1v) is 7.75. The lowest BCUT2D eigenvalue weighted by molar-refractivity contribution is 0.364. The number of thiophene rings is 1. The molecule has 3 rings (SSSR count). The molecule has 17 heavy (non-hydrogen) atoms. The van der Waals surface area contributed by atoms with Gasteiger partial charge in [-0.2, -0.15) is 0 Å². The number of halogens is 1. The second-order valence-corrected chi connectivity index (χ2v) is 6.49. The van der Waals surface area contributed by atoms with Gasteiger partial charge in [0.25, 0.3) is 0 Å². The van der Waals surface area contributed by atoms with E-state index in [9.17, 15) is 0 Å². The van der Waals surface area contributed by atoms with Crippen molar-refractivity contribution in [2.24, 2.45) is 5.92 Å². The topological polar surface area (TPSA) is 0 Å². The summed E-state index contributed by atoms with van der Waals surface area (Å²) in [4.78, 5) is 0. The molecule has 0 spiro atoms. The summed E-state index contributed by atoms with van der Waals surface area (Å²) in [7, 11) is 0. The molecule has 0 aliphatic heterocycles. The van der Waals surface area contributed by atoms with E-state index >= 15 is 0 Å². The summed E-state index contributed by atoms with van der Waals surface area (Å²) in [5.41, 5.74) is 1.50. The van der Waals surface area contributed by atoms with Crippen LogP contribution in [0.25, 0.3) is 10.1 Å². The van der Waals surface area contributed by atoms with E-state index in [1.165, 1.54) is 41.3 Å². The maximum Gasteiger partial charge on any atom is 0.0367 e. The van der Waals surface area contributed by atoms with Gasteiger partial charge in [-0.15, -0.1) is 22.9 Å². The molecule has 0 nitrogen and oxygen atoms in total. The third kappa shape index (κ3) is 2.36. The molecule has 2 heteroatoms. The van der Waals surface area contributed by atoms with Gasteiger partial charge in [0.1, 0.15) is 0 Å². The minimum atomic E-state index is 0.391. The van der Waals surface area contributed by atoms with Crippen molar-refractivity contribution in [3.05, 3.63) is 35.2 Å². The summed E-state index contributed by atoms with van der Waals surface area (Å²) in [6.07, 6.45) is 6.34. The molecule has 0 saturated heterocycles. The molecule has 0 amide bonds. The standard InChI is InChI=1S/C15H17ClS/c16-14-7-3-1-5-11(14)9-12-10-17-15-8-4-2-6-13(12)15/h2,4,6,8,10-11,14H,1,3,5,7,9H2. The molecule has 1 fully saturated rings. The number of hydrogen-bond acceptors (Lipinski definition) is 1. The van der Waals surface area contributed by atoms with Gasteiger partial charge in [-0.25, -0.2) is 0 Å². The summed E-state index contributed by atoms with van der Waals surface area (Å²) in [5, 5.41) is 4.15. The molecular formula is C15H17ClS. The number of alkyl halides is 1. The van der Waals surface area contributed by atoms with E-state index in [2.05, 4.69) is 29.6 Å². The Kier molecular flexibility index (Phi) is 3.39. The fourth-order valence-electron chi connectivity index (χ4n) is 2.87. The first-order valence-electron chi connectivity index (χ1n) is 6.44. The predicted molar refractivity (Wildman–Crippen MR) is 77.1 cm³/mol. The monoisotopic (exact) mass is 264 g/mol. The van der Waals surface area contributed by atoms with Crippen LogP contribution in [0.3, 0.4) is 0 Å². The number of hydrogen-bond donors (Lipinski definition) is 0. The second-order valence-electron chi connectivity index (χ2n) is 5.02. The Bertz CT molecular complexity index is 502. The van der Waals surface area contributed by atoms with Crippen LogP contribution >= 0.6 is 22.9 Å². The molecule has 1 aliphatic rings. The number of fused-ring (bicyclic) bond motifs is 1. The van der Waals surface area contributed by atoms with Crippen molar-refractivity contribution < 1.29 is 0 Å². The lowest BCUT2D eigenvalue weighted by Gasteiger charge is -2.26. The van der Waals surface area contributed by atoms with Crippen molar-refractivity contribution in [3.63, 3.8) is 0 Å². The molecule has 1 aromatic heterocycles. The lowest BCUT2D eigenvalue weighted by Crippen LogP contribution is -2.21. The molecule has 0 N–H and O–H groups in total. The fourth-order valence-corrected chi connectivity index (χ4v) is 4.21. The first kappa shape index (κ1) is 11.6. The zero-order valence-corrected chi connectivity index (χ0v) is 11.4. The van der Waals surface area contributed by atoms with E-state index < -0.39 is 0 Å². The summed E-state index contributed by atoms with van der Waals surface area (Å²) in [5.74, 6) is 0.684.